The SMILES string of the molecule is CCC.Cc1cccc(Cl)c1-c1noc(C)c1CO. The van der Waals surface area contributed by atoms with Gasteiger partial charge in [0.2, 0.25) is 0 Å². The van der Waals surface area contributed by atoms with Crippen LogP contribution in [0.5, 0.6) is 0 Å². The highest BCUT2D eigenvalue weighted by Crippen LogP contribution is 2.33. The van der Waals surface area contributed by atoms with Crippen molar-refractivity contribution in [3.05, 3.63) is 40.1 Å². The number of aromatic nitrogens is 1. The standard InChI is InChI=1S/C12H12ClNO2.C3H8/c1-7-4-3-5-10(13)11(7)12-9(6-15)8(2)16-14-12;1-3-2/h3-5,15H,6H2,1-2H3;3H2,1-2H3. The molecule has 4 heteroatoms. The predicted octanol–water partition coefficient (Wildman–Crippen LogP) is 4.52. The molecular formula is C15H20ClNO2. The predicted molar refractivity (Wildman–Crippen MR) is 78.3 cm³/mol. The topological polar surface area (TPSA) is 46.3 Å². The molecule has 0 atom stereocenters. The van der Waals surface area contributed by atoms with Gasteiger partial charge in [0.1, 0.15) is 11.5 Å². The van der Waals surface area contributed by atoms with Gasteiger partial charge >= 0.3 is 0 Å². The normalized spacial score (nSPS) is 10.0. The summed E-state index contributed by atoms with van der Waals surface area (Å²) in [5, 5.41) is 13.9. The smallest absolute Gasteiger partial charge is 0.139 e. The van der Waals surface area contributed by atoms with E-state index in [0.717, 1.165) is 11.1 Å². The summed E-state index contributed by atoms with van der Waals surface area (Å²) in [6.07, 6.45) is 1.25. The Hall–Kier alpha value is -1.32. The summed E-state index contributed by atoms with van der Waals surface area (Å²) in [4.78, 5) is 0. The maximum atomic E-state index is 9.29. The fourth-order valence-electron chi connectivity index (χ4n) is 1.71. The highest BCUT2D eigenvalue weighted by Gasteiger charge is 2.17. The fraction of sp³-hybridized carbons (Fsp3) is 0.400. The highest BCUT2D eigenvalue weighted by molar-refractivity contribution is 6.33. The van der Waals surface area contributed by atoms with Crippen LogP contribution in [0, 0.1) is 13.8 Å². The van der Waals surface area contributed by atoms with E-state index in [1.54, 1.807) is 13.0 Å². The van der Waals surface area contributed by atoms with E-state index >= 15 is 0 Å². The fourth-order valence-corrected chi connectivity index (χ4v) is 2.02. The summed E-state index contributed by atoms with van der Waals surface area (Å²) in [5.41, 5.74) is 3.15. The Bertz CT molecular complexity index is 515. The van der Waals surface area contributed by atoms with Crippen LogP contribution in [0.1, 0.15) is 37.2 Å². The van der Waals surface area contributed by atoms with E-state index in [2.05, 4.69) is 19.0 Å². The van der Waals surface area contributed by atoms with E-state index in [9.17, 15) is 5.11 Å². The number of nitrogens with zero attached hydrogens (tertiary/aromatic N) is 1. The summed E-state index contributed by atoms with van der Waals surface area (Å²) in [6.45, 7) is 7.87. The molecule has 1 aromatic heterocycles. The zero-order chi connectivity index (χ0) is 14.4. The minimum atomic E-state index is -0.102. The van der Waals surface area contributed by atoms with Crippen LogP contribution >= 0.6 is 11.6 Å². The number of aliphatic hydroxyl groups excluding tert-OH is 1. The molecule has 0 bridgehead atoms. The largest absolute Gasteiger partial charge is 0.391 e. The number of aliphatic hydroxyl groups is 1. The van der Waals surface area contributed by atoms with Crippen LogP contribution in [0.4, 0.5) is 0 Å². The van der Waals surface area contributed by atoms with Crippen LogP contribution in [-0.4, -0.2) is 10.3 Å². The van der Waals surface area contributed by atoms with E-state index in [-0.39, 0.29) is 6.61 Å². The molecule has 1 N–H and O–H groups in total. The zero-order valence-electron chi connectivity index (χ0n) is 11.8. The van der Waals surface area contributed by atoms with E-state index in [0.29, 0.717) is 22.0 Å². The first-order chi connectivity index (χ1) is 9.06. The van der Waals surface area contributed by atoms with Gasteiger partial charge in [0.15, 0.2) is 0 Å². The van der Waals surface area contributed by atoms with Crippen molar-refractivity contribution in [2.75, 3.05) is 0 Å². The first-order valence-corrected chi connectivity index (χ1v) is 6.76. The van der Waals surface area contributed by atoms with E-state index < -0.39 is 0 Å². The third-order valence-electron chi connectivity index (χ3n) is 2.60. The zero-order valence-corrected chi connectivity index (χ0v) is 12.6. The van der Waals surface area contributed by atoms with Crippen LogP contribution in [-0.2, 0) is 6.61 Å². The summed E-state index contributed by atoms with van der Waals surface area (Å²) in [5.74, 6) is 0.622. The number of benzene rings is 1. The molecular weight excluding hydrogens is 262 g/mol. The lowest BCUT2D eigenvalue weighted by atomic mass is 10.0. The number of halogens is 1. The second-order valence-corrected chi connectivity index (χ2v) is 4.77. The Morgan fingerprint density at radius 3 is 2.42 bits per heavy atom. The molecule has 0 aliphatic rings. The van der Waals surface area contributed by atoms with Crippen molar-refractivity contribution in [2.24, 2.45) is 0 Å². The molecule has 0 fully saturated rings. The molecule has 104 valence electrons. The number of hydrogen-bond acceptors (Lipinski definition) is 3. The van der Waals surface area contributed by atoms with Gasteiger partial charge in [-0.05, 0) is 25.5 Å². The monoisotopic (exact) mass is 281 g/mol. The minimum Gasteiger partial charge on any atom is -0.391 e. The Morgan fingerprint density at radius 1 is 1.26 bits per heavy atom. The molecule has 0 aliphatic heterocycles. The van der Waals surface area contributed by atoms with Crippen molar-refractivity contribution in [1.82, 2.24) is 5.16 Å². The lowest BCUT2D eigenvalue weighted by Crippen LogP contribution is -1.91. The van der Waals surface area contributed by atoms with Crippen molar-refractivity contribution >= 4 is 11.6 Å². The molecule has 0 unspecified atom stereocenters. The molecule has 1 heterocycles. The molecule has 2 aromatic rings. The molecule has 0 saturated carbocycles. The average molecular weight is 282 g/mol. The van der Waals surface area contributed by atoms with Crippen molar-refractivity contribution in [1.29, 1.82) is 0 Å². The van der Waals surface area contributed by atoms with Crippen molar-refractivity contribution in [2.45, 2.75) is 40.7 Å². The quantitative estimate of drug-likeness (QED) is 0.880. The first kappa shape index (κ1) is 15.7. The van der Waals surface area contributed by atoms with Crippen LogP contribution in [0.15, 0.2) is 22.7 Å². The second kappa shape index (κ2) is 7.31. The molecule has 1 aromatic carbocycles. The molecule has 0 aliphatic carbocycles. The van der Waals surface area contributed by atoms with Gasteiger partial charge in [-0.1, -0.05) is 49.2 Å². The summed E-state index contributed by atoms with van der Waals surface area (Å²) < 4.78 is 5.08. The van der Waals surface area contributed by atoms with Crippen molar-refractivity contribution in [3.63, 3.8) is 0 Å². The van der Waals surface area contributed by atoms with Crippen LogP contribution in [0.3, 0.4) is 0 Å². The van der Waals surface area contributed by atoms with E-state index in [4.69, 9.17) is 16.1 Å². The molecule has 0 radical (unpaired) electrons. The molecule has 2 rings (SSSR count). The third kappa shape index (κ3) is 3.58. The van der Waals surface area contributed by atoms with Crippen LogP contribution in [0.2, 0.25) is 5.02 Å². The summed E-state index contributed by atoms with van der Waals surface area (Å²) in [7, 11) is 0. The van der Waals surface area contributed by atoms with Gasteiger partial charge in [-0.25, -0.2) is 0 Å². The minimum absolute atomic E-state index is 0.102. The van der Waals surface area contributed by atoms with Gasteiger partial charge in [-0.3, -0.25) is 0 Å². The highest BCUT2D eigenvalue weighted by atomic mass is 35.5. The Balaban J connectivity index is 0.000000550. The maximum Gasteiger partial charge on any atom is 0.139 e. The van der Waals surface area contributed by atoms with Gasteiger partial charge in [0.05, 0.1) is 11.6 Å². The molecule has 19 heavy (non-hydrogen) atoms. The van der Waals surface area contributed by atoms with Gasteiger partial charge in [0.25, 0.3) is 0 Å². The van der Waals surface area contributed by atoms with Gasteiger partial charge in [-0.2, -0.15) is 0 Å². The van der Waals surface area contributed by atoms with Crippen molar-refractivity contribution < 1.29 is 9.63 Å². The lowest BCUT2D eigenvalue weighted by Gasteiger charge is -2.06. The molecule has 0 saturated heterocycles. The van der Waals surface area contributed by atoms with Crippen molar-refractivity contribution in [3.8, 4) is 11.3 Å². The Morgan fingerprint density at radius 2 is 1.89 bits per heavy atom. The van der Waals surface area contributed by atoms with E-state index in [1.165, 1.54) is 6.42 Å². The van der Waals surface area contributed by atoms with E-state index in [1.807, 2.05) is 19.1 Å². The maximum absolute atomic E-state index is 9.29. The Labute approximate surface area is 119 Å². The average Bonchev–Trinajstić information content (AvgIpc) is 2.71. The summed E-state index contributed by atoms with van der Waals surface area (Å²) >= 11 is 6.14. The van der Waals surface area contributed by atoms with Crippen LogP contribution < -0.4 is 0 Å². The number of aryl methyl sites for hydroxylation is 2. The lowest BCUT2D eigenvalue weighted by molar-refractivity contribution is 0.278. The second-order valence-electron chi connectivity index (χ2n) is 4.36. The summed E-state index contributed by atoms with van der Waals surface area (Å²) in [6, 6.07) is 5.63. The third-order valence-corrected chi connectivity index (χ3v) is 2.92. The van der Waals surface area contributed by atoms with Gasteiger partial charge in [0, 0.05) is 11.1 Å². The molecule has 0 amide bonds. The van der Waals surface area contributed by atoms with Crippen LogP contribution in [0.25, 0.3) is 11.3 Å². The molecule has 0 spiro atoms. The first-order valence-electron chi connectivity index (χ1n) is 6.38. The van der Waals surface area contributed by atoms with Gasteiger partial charge in [-0.15, -0.1) is 0 Å². The number of hydrogen-bond donors (Lipinski definition) is 1. The number of rotatable bonds is 2. The Kier molecular flexibility index (Phi) is 6.06. The van der Waals surface area contributed by atoms with Gasteiger partial charge < -0.3 is 9.63 Å². The molecule has 3 nitrogen and oxygen atoms in total.